The Morgan fingerprint density at radius 3 is 2.74 bits per heavy atom. The Hall–Kier alpha value is -1.68. The lowest BCUT2D eigenvalue weighted by Crippen LogP contribution is -2.39. The summed E-state index contributed by atoms with van der Waals surface area (Å²) in [5.74, 6) is 0.673. The number of halogens is 1. The molecule has 2 rings (SSSR count). The largest absolute Gasteiger partial charge is 0.357 e. The molecule has 0 aliphatic rings. The van der Waals surface area contributed by atoms with Gasteiger partial charge in [-0.05, 0) is 36.9 Å². The lowest BCUT2D eigenvalue weighted by atomic mass is 10.2. The van der Waals surface area contributed by atoms with Gasteiger partial charge in [0.2, 0.25) is 5.91 Å². The van der Waals surface area contributed by atoms with Crippen LogP contribution in [0.3, 0.4) is 0 Å². The van der Waals surface area contributed by atoms with E-state index >= 15 is 0 Å². The molecular weight excluding hydrogens is 473 g/mol. The molecule has 0 spiro atoms. The number of nitrogens with one attached hydrogen (secondary N) is 2. The maximum Gasteiger partial charge on any atom is 0.244 e. The second-order valence-corrected chi connectivity index (χ2v) is 6.87. The Bertz CT molecular complexity index is 679. The first-order valence-electron chi connectivity index (χ1n) is 8.87. The summed E-state index contributed by atoms with van der Waals surface area (Å²) < 4.78 is 0. The van der Waals surface area contributed by atoms with Crippen molar-refractivity contribution in [3.05, 3.63) is 52.5 Å². The van der Waals surface area contributed by atoms with Gasteiger partial charge >= 0.3 is 0 Å². The van der Waals surface area contributed by atoms with E-state index in [1.165, 1.54) is 4.88 Å². The van der Waals surface area contributed by atoms with Crippen LogP contribution in [0.2, 0.25) is 0 Å². The van der Waals surface area contributed by atoms with Gasteiger partial charge in [0.25, 0.3) is 0 Å². The summed E-state index contributed by atoms with van der Waals surface area (Å²) in [6.45, 7) is 4.32. The quantitative estimate of drug-likeness (QED) is 0.315. The van der Waals surface area contributed by atoms with Crippen molar-refractivity contribution in [2.24, 2.45) is 4.99 Å². The minimum absolute atomic E-state index is 0. The van der Waals surface area contributed by atoms with E-state index in [4.69, 9.17) is 0 Å². The van der Waals surface area contributed by atoms with Gasteiger partial charge in [-0.2, -0.15) is 0 Å². The standard InChI is InChI=1S/C19H27N5OS.HI/c1-3-20-19(22-12-9-17-8-6-14-26-17)23-15-18(25)24(2)13-10-16-7-4-5-11-21-16;/h4-8,11,14H,3,9-10,12-13,15H2,1-2H3,(H2,20,22,23);1H. The van der Waals surface area contributed by atoms with Crippen LogP contribution in [-0.2, 0) is 17.6 Å². The number of thiophene rings is 1. The molecule has 0 aromatic carbocycles. The first-order chi connectivity index (χ1) is 12.7. The molecule has 2 aromatic rings. The molecule has 0 bridgehead atoms. The fourth-order valence-electron chi connectivity index (χ4n) is 2.32. The summed E-state index contributed by atoms with van der Waals surface area (Å²) in [7, 11) is 1.80. The van der Waals surface area contributed by atoms with E-state index in [2.05, 4.69) is 38.1 Å². The molecular formula is C19H28IN5OS. The molecule has 6 nitrogen and oxygen atoms in total. The number of nitrogens with zero attached hydrogens (tertiary/aromatic N) is 3. The van der Waals surface area contributed by atoms with Crippen molar-refractivity contribution >= 4 is 47.2 Å². The highest BCUT2D eigenvalue weighted by atomic mass is 127. The number of hydrogen-bond donors (Lipinski definition) is 2. The van der Waals surface area contributed by atoms with E-state index < -0.39 is 0 Å². The maximum absolute atomic E-state index is 12.3. The van der Waals surface area contributed by atoms with E-state index in [-0.39, 0.29) is 36.4 Å². The van der Waals surface area contributed by atoms with Crippen LogP contribution in [0.25, 0.3) is 0 Å². The summed E-state index contributed by atoms with van der Waals surface area (Å²) in [4.78, 5) is 24.0. The van der Waals surface area contributed by atoms with Gasteiger partial charge in [0.15, 0.2) is 5.96 Å². The molecule has 0 atom stereocenters. The molecule has 1 amide bonds. The number of amides is 1. The van der Waals surface area contributed by atoms with Gasteiger partial charge in [-0.3, -0.25) is 9.78 Å². The molecule has 27 heavy (non-hydrogen) atoms. The van der Waals surface area contributed by atoms with Crippen LogP contribution in [0.15, 0.2) is 46.9 Å². The van der Waals surface area contributed by atoms with Crippen LogP contribution < -0.4 is 10.6 Å². The van der Waals surface area contributed by atoms with Crippen LogP contribution in [-0.4, -0.2) is 55.0 Å². The Labute approximate surface area is 182 Å². The smallest absolute Gasteiger partial charge is 0.244 e. The molecule has 8 heteroatoms. The summed E-state index contributed by atoms with van der Waals surface area (Å²) in [5.41, 5.74) is 0.985. The van der Waals surface area contributed by atoms with Gasteiger partial charge < -0.3 is 15.5 Å². The number of guanidine groups is 1. The summed E-state index contributed by atoms with van der Waals surface area (Å²) >= 11 is 1.75. The minimum atomic E-state index is -0.00334. The van der Waals surface area contributed by atoms with Crippen molar-refractivity contribution in [1.29, 1.82) is 0 Å². The SMILES string of the molecule is CCNC(=NCC(=O)N(C)CCc1ccccn1)NCCc1cccs1.I. The minimum Gasteiger partial charge on any atom is -0.357 e. The number of rotatable bonds is 9. The van der Waals surface area contributed by atoms with Crippen molar-refractivity contribution in [2.75, 3.05) is 33.2 Å². The fraction of sp³-hybridized carbons (Fsp3) is 0.421. The molecule has 0 unspecified atom stereocenters. The third-order valence-electron chi connectivity index (χ3n) is 3.82. The zero-order valence-corrected chi connectivity index (χ0v) is 19.0. The molecule has 0 aliphatic heterocycles. The van der Waals surface area contributed by atoms with E-state index in [1.807, 2.05) is 25.1 Å². The zero-order valence-electron chi connectivity index (χ0n) is 15.9. The Morgan fingerprint density at radius 1 is 1.22 bits per heavy atom. The second-order valence-electron chi connectivity index (χ2n) is 5.84. The molecule has 148 valence electrons. The van der Waals surface area contributed by atoms with Crippen LogP contribution in [0, 0.1) is 0 Å². The van der Waals surface area contributed by atoms with E-state index in [0.29, 0.717) is 12.5 Å². The lowest BCUT2D eigenvalue weighted by Gasteiger charge is -2.16. The number of aromatic nitrogens is 1. The lowest BCUT2D eigenvalue weighted by molar-refractivity contribution is -0.128. The number of likely N-dealkylation sites (N-methyl/N-ethyl adjacent to an activating group) is 1. The van der Waals surface area contributed by atoms with Gasteiger partial charge in [0.1, 0.15) is 6.54 Å². The highest BCUT2D eigenvalue weighted by Gasteiger charge is 2.09. The zero-order chi connectivity index (χ0) is 18.6. The average molecular weight is 501 g/mol. The van der Waals surface area contributed by atoms with Crippen LogP contribution in [0.5, 0.6) is 0 Å². The molecule has 2 N–H and O–H groups in total. The second kappa shape index (κ2) is 13.5. The molecule has 0 fully saturated rings. The van der Waals surface area contributed by atoms with Gasteiger partial charge in [-0.25, -0.2) is 4.99 Å². The number of pyridine rings is 1. The molecule has 0 saturated carbocycles. The van der Waals surface area contributed by atoms with Crippen molar-refractivity contribution in [2.45, 2.75) is 19.8 Å². The monoisotopic (exact) mass is 501 g/mol. The first kappa shape index (κ1) is 23.4. The van der Waals surface area contributed by atoms with Crippen LogP contribution in [0.1, 0.15) is 17.5 Å². The maximum atomic E-state index is 12.3. The predicted octanol–water partition coefficient (Wildman–Crippen LogP) is 2.56. The summed E-state index contributed by atoms with van der Waals surface area (Å²) in [5, 5.41) is 8.53. The molecule has 2 heterocycles. The number of carbonyl (C=O) groups excluding carboxylic acids is 1. The van der Waals surface area contributed by atoms with Gasteiger partial charge in [-0.15, -0.1) is 35.3 Å². The van der Waals surface area contributed by atoms with E-state index in [0.717, 1.165) is 31.6 Å². The number of carbonyl (C=O) groups is 1. The topological polar surface area (TPSA) is 69.6 Å². The normalized spacial score (nSPS) is 10.8. The Kier molecular flexibility index (Phi) is 11.7. The predicted molar refractivity (Wildman–Crippen MR) is 123 cm³/mol. The molecule has 0 aliphatic carbocycles. The van der Waals surface area contributed by atoms with Crippen molar-refractivity contribution in [3.63, 3.8) is 0 Å². The van der Waals surface area contributed by atoms with E-state index in [1.54, 1.807) is 29.5 Å². The summed E-state index contributed by atoms with van der Waals surface area (Å²) in [6, 6.07) is 9.99. The van der Waals surface area contributed by atoms with E-state index in [9.17, 15) is 4.79 Å². The van der Waals surface area contributed by atoms with Crippen molar-refractivity contribution in [3.8, 4) is 0 Å². The van der Waals surface area contributed by atoms with Gasteiger partial charge in [0.05, 0.1) is 0 Å². The Morgan fingerprint density at radius 2 is 2.07 bits per heavy atom. The van der Waals surface area contributed by atoms with Crippen molar-refractivity contribution < 1.29 is 4.79 Å². The Balaban J connectivity index is 0.00000364. The fourth-order valence-corrected chi connectivity index (χ4v) is 3.03. The van der Waals surface area contributed by atoms with Gasteiger partial charge in [-0.1, -0.05) is 12.1 Å². The highest BCUT2D eigenvalue weighted by molar-refractivity contribution is 14.0. The number of hydrogen-bond acceptors (Lipinski definition) is 4. The van der Waals surface area contributed by atoms with Crippen molar-refractivity contribution in [1.82, 2.24) is 20.5 Å². The van der Waals surface area contributed by atoms with Gasteiger partial charge in [0, 0.05) is 49.9 Å². The highest BCUT2D eigenvalue weighted by Crippen LogP contribution is 2.07. The average Bonchev–Trinajstić information content (AvgIpc) is 3.18. The molecule has 2 aromatic heterocycles. The first-order valence-corrected chi connectivity index (χ1v) is 9.75. The third kappa shape index (κ3) is 9.18. The molecule has 0 radical (unpaired) electrons. The van der Waals surface area contributed by atoms with Crippen LogP contribution in [0.4, 0.5) is 0 Å². The molecule has 0 saturated heterocycles. The summed E-state index contributed by atoms with van der Waals surface area (Å²) in [6.07, 6.45) is 3.46. The third-order valence-corrected chi connectivity index (χ3v) is 4.75. The van der Waals surface area contributed by atoms with Crippen LogP contribution >= 0.6 is 35.3 Å². The number of aliphatic imine (C=N–C) groups is 1.